The number of hydrogen-bond donors (Lipinski definition) is 1. The Kier molecular flexibility index (Phi) is 5.18. The number of rotatable bonds is 5. The highest BCUT2D eigenvalue weighted by atomic mass is 16.6. The van der Waals surface area contributed by atoms with Crippen molar-refractivity contribution < 1.29 is 14.5 Å². The second-order valence-electron chi connectivity index (χ2n) is 5.78. The average Bonchev–Trinajstić information content (AvgIpc) is 2.47. The van der Waals surface area contributed by atoms with E-state index in [1.54, 1.807) is 19.9 Å². The van der Waals surface area contributed by atoms with E-state index in [9.17, 15) is 14.9 Å². The number of nitro benzene ring substituents is 1. The SMILES string of the molecule is Cc1cc(C)cc(O[C@@H](C)C(=O)Nc2cccc([N+](=O)[O-])c2C)c1. The lowest BCUT2D eigenvalue weighted by atomic mass is 10.1. The van der Waals surface area contributed by atoms with Gasteiger partial charge in [0.1, 0.15) is 5.75 Å². The summed E-state index contributed by atoms with van der Waals surface area (Å²) in [6.45, 7) is 7.15. The van der Waals surface area contributed by atoms with Crippen LogP contribution >= 0.6 is 0 Å². The first kappa shape index (κ1) is 17.5. The van der Waals surface area contributed by atoms with Gasteiger partial charge >= 0.3 is 0 Å². The van der Waals surface area contributed by atoms with Crippen molar-refractivity contribution in [3.8, 4) is 5.75 Å². The van der Waals surface area contributed by atoms with Crippen molar-refractivity contribution in [2.75, 3.05) is 5.32 Å². The van der Waals surface area contributed by atoms with Crippen molar-refractivity contribution in [2.24, 2.45) is 0 Å². The smallest absolute Gasteiger partial charge is 0.274 e. The molecule has 0 aromatic heterocycles. The minimum Gasteiger partial charge on any atom is -0.481 e. The molecule has 0 saturated heterocycles. The highest BCUT2D eigenvalue weighted by Gasteiger charge is 2.19. The van der Waals surface area contributed by atoms with E-state index in [0.29, 0.717) is 17.0 Å². The van der Waals surface area contributed by atoms with Gasteiger partial charge in [0.2, 0.25) is 0 Å². The van der Waals surface area contributed by atoms with Crippen molar-refractivity contribution in [2.45, 2.75) is 33.8 Å². The Labute approximate surface area is 140 Å². The third-order valence-corrected chi connectivity index (χ3v) is 3.64. The lowest BCUT2D eigenvalue weighted by Gasteiger charge is -2.16. The summed E-state index contributed by atoms with van der Waals surface area (Å²) >= 11 is 0. The first-order valence-electron chi connectivity index (χ1n) is 7.57. The molecule has 0 fully saturated rings. The first-order valence-corrected chi connectivity index (χ1v) is 7.57. The van der Waals surface area contributed by atoms with Gasteiger partial charge in [-0.15, -0.1) is 0 Å². The summed E-state index contributed by atoms with van der Waals surface area (Å²) in [4.78, 5) is 22.8. The molecule has 2 aromatic carbocycles. The van der Waals surface area contributed by atoms with Crippen LogP contribution in [0.1, 0.15) is 23.6 Å². The van der Waals surface area contributed by atoms with Crippen LogP contribution in [0.2, 0.25) is 0 Å². The Morgan fingerprint density at radius 2 is 1.79 bits per heavy atom. The number of ether oxygens (including phenoxy) is 1. The molecule has 24 heavy (non-hydrogen) atoms. The molecular weight excluding hydrogens is 308 g/mol. The third kappa shape index (κ3) is 4.10. The van der Waals surface area contributed by atoms with E-state index in [2.05, 4.69) is 5.32 Å². The van der Waals surface area contributed by atoms with Crippen LogP contribution in [0.3, 0.4) is 0 Å². The number of amides is 1. The molecule has 0 aliphatic carbocycles. The van der Waals surface area contributed by atoms with Gasteiger partial charge in [-0.3, -0.25) is 14.9 Å². The Hall–Kier alpha value is -2.89. The van der Waals surface area contributed by atoms with Gasteiger partial charge < -0.3 is 10.1 Å². The highest BCUT2D eigenvalue weighted by Crippen LogP contribution is 2.25. The second-order valence-corrected chi connectivity index (χ2v) is 5.78. The number of benzene rings is 2. The van der Waals surface area contributed by atoms with Gasteiger partial charge in [0.15, 0.2) is 6.10 Å². The predicted octanol–water partition coefficient (Wildman–Crippen LogP) is 3.93. The Bertz CT molecular complexity index is 766. The number of carbonyl (C=O) groups is 1. The van der Waals surface area contributed by atoms with Crippen molar-refractivity contribution in [1.29, 1.82) is 0 Å². The monoisotopic (exact) mass is 328 g/mol. The van der Waals surface area contributed by atoms with Gasteiger partial charge in [-0.2, -0.15) is 0 Å². The summed E-state index contributed by atoms with van der Waals surface area (Å²) in [5.41, 5.74) is 2.88. The van der Waals surface area contributed by atoms with E-state index in [1.165, 1.54) is 12.1 Å². The molecule has 2 aromatic rings. The van der Waals surface area contributed by atoms with E-state index in [1.807, 2.05) is 32.0 Å². The number of carbonyl (C=O) groups excluding carboxylic acids is 1. The summed E-state index contributed by atoms with van der Waals surface area (Å²) in [5.74, 6) is 0.253. The molecule has 0 bridgehead atoms. The molecule has 0 spiro atoms. The summed E-state index contributed by atoms with van der Waals surface area (Å²) < 4.78 is 5.68. The largest absolute Gasteiger partial charge is 0.481 e. The maximum atomic E-state index is 12.3. The molecule has 0 aliphatic rings. The molecule has 6 nitrogen and oxygen atoms in total. The number of hydrogen-bond acceptors (Lipinski definition) is 4. The molecular formula is C18H20N2O4. The number of nitro groups is 1. The van der Waals surface area contributed by atoms with E-state index in [4.69, 9.17) is 4.74 Å². The number of nitrogens with zero attached hydrogens (tertiary/aromatic N) is 1. The fourth-order valence-electron chi connectivity index (χ4n) is 2.45. The number of aryl methyl sites for hydroxylation is 2. The molecule has 126 valence electrons. The quantitative estimate of drug-likeness (QED) is 0.666. The maximum absolute atomic E-state index is 12.3. The van der Waals surface area contributed by atoms with Gasteiger partial charge in [-0.25, -0.2) is 0 Å². The standard InChI is InChI=1S/C18H20N2O4/c1-11-8-12(2)10-15(9-11)24-14(4)18(21)19-16-6-5-7-17(13(16)3)20(22)23/h5-10,14H,1-4H3,(H,19,21)/t14-/m0/s1. The van der Waals surface area contributed by atoms with Crippen molar-refractivity contribution in [1.82, 2.24) is 0 Å². The molecule has 1 atom stereocenters. The predicted molar refractivity (Wildman–Crippen MR) is 92.5 cm³/mol. The van der Waals surface area contributed by atoms with Gasteiger partial charge in [-0.1, -0.05) is 12.1 Å². The molecule has 0 aliphatic heterocycles. The zero-order valence-electron chi connectivity index (χ0n) is 14.1. The topological polar surface area (TPSA) is 81.5 Å². The lowest BCUT2D eigenvalue weighted by molar-refractivity contribution is -0.385. The van der Waals surface area contributed by atoms with Gasteiger partial charge in [0.25, 0.3) is 11.6 Å². The highest BCUT2D eigenvalue weighted by molar-refractivity contribution is 5.95. The summed E-state index contributed by atoms with van der Waals surface area (Å²) in [7, 11) is 0. The molecule has 0 radical (unpaired) electrons. The fraction of sp³-hybridized carbons (Fsp3) is 0.278. The molecule has 2 rings (SSSR count). The van der Waals surface area contributed by atoms with E-state index in [-0.39, 0.29) is 11.6 Å². The lowest BCUT2D eigenvalue weighted by Crippen LogP contribution is -2.30. The minimum absolute atomic E-state index is 0.0318. The van der Waals surface area contributed by atoms with E-state index in [0.717, 1.165) is 11.1 Å². The van der Waals surface area contributed by atoms with Crippen molar-refractivity contribution in [3.63, 3.8) is 0 Å². The summed E-state index contributed by atoms with van der Waals surface area (Å²) in [6.07, 6.45) is -0.732. The molecule has 6 heteroatoms. The fourth-order valence-corrected chi connectivity index (χ4v) is 2.45. The number of anilines is 1. The molecule has 1 N–H and O–H groups in total. The average molecular weight is 328 g/mol. The van der Waals surface area contributed by atoms with Gasteiger partial charge in [0.05, 0.1) is 16.2 Å². The van der Waals surface area contributed by atoms with Crippen LogP contribution in [0.5, 0.6) is 5.75 Å². The number of nitrogens with one attached hydrogen (secondary N) is 1. The minimum atomic E-state index is -0.732. The Morgan fingerprint density at radius 1 is 1.17 bits per heavy atom. The normalized spacial score (nSPS) is 11.7. The van der Waals surface area contributed by atoms with Gasteiger partial charge in [-0.05, 0) is 57.0 Å². The van der Waals surface area contributed by atoms with Crippen LogP contribution in [0.25, 0.3) is 0 Å². The van der Waals surface area contributed by atoms with Crippen LogP contribution in [-0.2, 0) is 4.79 Å². The first-order chi connectivity index (χ1) is 11.3. The second kappa shape index (κ2) is 7.12. The van der Waals surface area contributed by atoms with Crippen LogP contribution in [0.15, 0.2) is 36.4 Å². The molecule has 0 unspecified atom stereocenters. The summed E-state index contributed by atoms with van der Waals surface area (Å²) in [5, 5.41) is 13.7. The van der Waals surface area contributed by atoms with Crippen LogP contribution in [0.4, 0.5) is 11.4 Å². The zero-order chi connectivity index (χ0) is 17.9. The van der Waals surface area contributed by atoms with E-state index >= 15 is 0 Å². The Balaban J connectivity index is 2.12. The third-order valence-electron chi connectivity index (χ3n) is 3.64. The van der Waals surface area contributed by atoms with Crippen LogP contribution in [-0.4, -0.2) is 16.9 Å². The van der Waals surface area contributed by atoms with Crippen molar-refractivity contribution in [3.05, 3.63) is 63.2 Å². The molecule has 0 saturated carbocycles. The zero-order valence-corrected chi connectivity index (χ0v) is 14.1. The van der Waals surface area contributed by atoms with Crippen LogP contribution < -0.4 is 10.1 Å². The Morgan fingerprint density at radius 3 is 2.38 bits per heavy atom. The summed E-state index contributed by atoms with van der Waals surface area (Å²) in [6, 6.07) is 10.3. The molecule has 1 amide bonds. The van der Waals surface area contributed by atoms with Crippen molar-refractivity contribution >= 4 is 17.3 Å². The van der Waals surface area contributed by atoms with Gasteiger partial charge in [0, 0.05) is 6.07 Å². The van der Waals surface area contributed by atoms with E-state index < -0.39 is 11.0 Å². The molecule has 0 heterocycles. The van der Waals surface area contributed by atoms with Crippen LogP contribution in [0, 0.1) is 30.9 Å². The maximum Gasteiger partial charge on any atom is 0.274 e.